The van der Waals surface area contributed by atoms with Crippen LogP contribution in [0, 0.1) is 6.42 Å². The number of allylic oxidation sites excluding steroid dienone is 3. The van der Waals surface area contributed by atoms with Gasteiger partial charge in [-0.25, -0.2) is 0 Å². The van der Waals surface area contributed by atoms with Gasteiger partial charge < -0.3 is 0 Å². The van der Waals surface area contributed by atoms with Crippen molar-refractivity contribution in [2.45, 2.75) is 17.8 Å². The summed E-state index contributed by atoms with van der Waals surface area (Å²) >= 11 is 1.38. The van der Waals surface area contributed by atoms with Gasteiger partial charge in [-0.3, -0.25) is 0 Å². The molecule has 1 rings (SSSR count). The van der Waals surface area contributed by atoms with Crippen molar-refractivity contribution in [1.82, 2.24) is 0 Å². The summed E-state index contributed by atoms with van der Waals surface area (Å²) < 4.78 is 36.3. The van der Waals surface area contributed by atoms with Crippen LogP contribution in [0.5, 0.6) is 0 Å². The average Bonchev–Trinajstić information content (AvgIpc) is 2.03. The highest BCUT2D eigenvalue weighted by atomic mass is 32.2. The fourth-order valence-electron chi connectivity index (χ4n) is 1.05. The predicted molar refractivity (Wildman–Crippen MR) is 49.5 cm³/mol. The van der Waals surface area contributed by atoms with Gasteiger partial charge in [0.25, 0.3) is 0 Å². The van der Waals surface area contributed by atoms with E-state index in [0.717, 1.165) is 6.08 Å². The van der Waals surface area contributed by atoms with Crippen LogP contribution in [0.3, 0.4) is 0 Å². The van der Waals surface area contributed by atoms with Crippen molar-refractivity contribution in [2.75, 3.05) is 6.26 Å². The van der Waals surface area contributed by atoms with Crippen LogP contribution in [0.2, 0.25) is 0 Å². The third-order valence-electron chi connectivity index (χ3n) is 1.91. The van der Waals surface area contributed by atoms with Crippen molar-refractivity contribution in [3.8, 4) is 0 Å². The van der Waals surface area contributed by atoms with E-state index in [4.69, 9.17) is 0 Å². The van der Waals surface area contributed by atoms with Crippen LogP contribution >= 0.6 is 11.8 Å². The molecular weight excluding hydrogens is 197 g/mol. The Bertz CT molecular complexity index is 252. The summed E-state index contributed by atoms with van der Waals surface area (Å²) in [6, 6.07) is 0. The van der Waals surface area contributed by atoms with E-state index >= 15 is 0 Å². The number of hydrogen-bond donors (Lipinski definition) is 0. The molecule has 0 nitrogen and oxygen atoms in total. The molecule has 1 atom stereocenters. The van der Waals surface area contributed by atoms with E-state index in [1.54, 1.807) is 19.6 Å². The number of halogens is 3. The van der Waals surface area contributed by atoms with Gasteiger partial charge in [0.1, 0.15) is 0 Å². The molecule has 0 N–H and O–H groups in total. The van der Waals surface area contributed by atoms with E-state index in [1.807, 2.05) is 0 Å². The van der Waals surface area contributed by atoms with Crippen LogP contribution in [-0.4, -0.2) is 17.2 Å². The SMILES string of the molecule is CSC1(C)[CH]C=CC(C(F)(F)F)=C1. The Morgan fingerprint density at radius 2 is 2.00 bits per heavy atom. The molecule has 0 aromatic heterocycles. The first kappa shape index (κ1) is 10.7. The van der Waals surface area contributed by atoms with Crippen molar-refractivity contribution < 1.29 is 13.2 Å². The van der Waals surface area contributed by atoms with Gasteiger partial charge >= 0.3 is 6.18 Å². The maximum absolute atomic E-state index is 12.3. The van der Waals surface area contributed by atoms with Crippen molar-refractivity contribution >= 4 is 11.8 Å². The molecule has 4 heteroatoms. The lowest BCUT2D eigenvalue weighted by Crippen LogP contribution is -2.23. The summed E-state index contributed by atoms with van der Waals surface area (Å²) in [4.78, 5) is 0. The van der Waals surface area contributed by atoms with Gasteiger partial charge in [-0.1, -0.05) is 18.2 Å². The monoisotopic (exact) mass is 207 g/mol. The van der Waals surface area contributed by atoms with Crippen molar-refractivity contribution in [2.24, 2.45) is 0 Å². The van der Waals surface area contributed by atoms with E-state index in [-0.39, 0.29) is 0 Å². The Kier molecular flexibility index (Phi) is 2.80. The second-order valence-corrected chi connectivity index (χ2v) is 4.30. The zero-order chi connectivity index (χ0) is 10.1. The second kappa shape index (κ2) is 3.40. The zero-order valence-electron chi connectivity index (χ0n) is 7.35. The number of rotatable bonds is 1. The van der Waals surface area contributed by atoms with Crippen LogP contribution in [0.4, 0.5) is 13.2 Å². The van der Waals surface area contributed by atoms with E-state index in [0.29, 0.717) is 0 Å². The molecule has 0 aliphatic heterocycles. The Morgan fingerprint density at radius 3 is 2.46 bits per heavy atom. The lowest BCUT2D eigenvalue weighted by Gasteiger charge is -2.26. The highest BCUT2D eigenvalue weighted by Crippen LogP contribution is 2.37. The van der Waals surface area contributed by atoms with E-state index in [9.17, 15) is 13.2 Å². The quantitative estimate of drug-likeness (QED) is 0.635. The Hall–Kier alpha value is -0.380. The molecule has 1 aliphatic rings. The summed E-state index contributed by atoms with van der Waals surface area (Å²) in [5, 5.41) is 0. The molecule has 1 unspecified atom stereocenters. The fraction of sp³-hybridized carbons (Fsp3) is 0.444. The summed E-state index contributed by atoms with van der Waals surface area (Å²) in [5.74, 6) is 0. The summed E-state index contributed by atoms with van der Waals surface area (Å²) in [5.41, 5.74) is -0.563. The van der Waals surface area contributed by atoms with Crippen LogP contribution in [0.15, 0.2) is 23.8 Å². The van der Waals surface area contributed by atoms with Gasteiger partial charge in [0.15, 0.2) is 0 Å². The molecule has 0 bridgehead atoms. The minimum Gasteiger partial charge on any atom is -0.166 e. The topological polar surface area (TPSA) is 0 Å². The lowest BCUT2D eigenvalue weighted by molar-refractivity contribution is -0.0886. The molecule has 0 amide bonds. The van der Waals surface area contributed by atoms with Gasteiger partial charge in [-0.2, -0.15) is 24.9 Å². The average molecular weight is 207 g/mol. The molecule has 1 radical (unpaired) electrons. The highest BCUT2D eigenvalue weighted by molar-refractivity contribution is 8.00. The molecule has 0 fully saturated rings. The predicted octanol–water partition coefficient (Wildman–Crippen LogP) is 3.37. The van der Waals surface area contributed by atoms with Crippen LogP contribution in [0.1, 0.15) is 6.92 Å². The van der Waals surface area contributed by atoms with Gasteiger partial charge in [-0.15, -0.1) is 0 Å². The maximum atomic E-state index is 12.3. The van der Waals surface area contributed by atoms with E-state index in [2.05, 4.69) is 0 Å². The van der Waals surface area contributed by atoms with Crippen molar-refractivity contribution in [3.63, 3.8) is 0 Å². The first-order chi connectivity index (χ1) is 5.87. The molecule has 1 aliphatic carbocycles. The molecule has 0 spiro atoms. The third kappa shape index (κ3) is 2.53. The highest BCUT2D eigenvalue weighted by Gasteiger charge is 2.36. The van der Waals surface area contributed by atoms with Gasteiger partial charge in [-0.05, 0) is 13.2 Å². The maximum Gasteiger partial charge on any atom is 0.416 e. The second-order valence-electron chi connectivity index (χ2n) is 3.01. The minimum absolute atomic E-state index is 0.528. The zero-order valence-corrected chi connectivity index (χ0v) is 8.17. The first-order valence-electron chi connectivity index (χ1n) is 3.75. The summed E-state index contributed by atoms with van der Waals surface area (Å²) in [7, 11) is 0. The third-order valence-corrected chi connectivity index (χ3v) is 3.05. The summed E-state index contributed by atoms with van der Waals surface area (Å²) in [6.07, 6.45) is 3.11. The lowest BCUT2D eigenvalue weighted by atomic mass is 9.97. The Balaban J connectivity index is 2.93. The number of hydrogen-bond acceptors (Lipinski definition) is 1. The van der Waals surface area contributed by atoms with Gasteiger partial charge in [0.05, 0.1) is 5.57 Å². The number of alkyl halides is 3. The largest absolute Gasteiger partial charge is 0.416 e. The molecule has 0 saturated carbocycles. The molecule has 0 saturated heterocycles. The minimum atomic E-state index is -4.23. The standard InChI is InChI=1S/C9H10F3S/c1-8(13-2)5-3-4-7(6-8)9(10,11)12/h3-6H,1-2H3. The van der Waals surface area contributed by atoms with Gasteiger partial charge in [0, 0.05) is 11.2 Å². The Morgan fingerprint density at radius 1 is 1.38 bits per heavy atom. The van der Waals surface area contributed by atoms with E-state index in [1.165, 1.54) is 23.9 Å². The molecule has 0 heterocycles. The van der Waals surface area contributed by atoms with Crippen LogP contribution < -0.4 is 0 Å². The Labute approximate surface area is 79.9 Å². The normalized spacial score (nSPS) is 28.8. The smallest absolute Gasteiger partial charge is 0.166 e. The van der Waals surface area contributed by atoms with Crippen LogP contribution in [0.25, 0.3) is 0 Å². The molecule has 0 aromatic carbocycles. The fourth-order valence-corrected chi connectivity index (χ4v) is 1.51. The first-order valence-corrected chi connectivity index (χ1v) is 4.98. The molecule has 0 aromatic rings. The van der Waals surface area contributed by atoms with E-state index < -0.39 is 16.5 Å². The molecule has 13 heavy (non-hydrogen) atoms. The number of thioether (sulfide) groups is 1. The van der Waals surface area contributed by atoms with Gasteiger partial charge in [0.2, 0.25) is 0 Å². The summed E-state index contributed by atoms with van der Waals surface area (Å²) in [6.45, 7) is 1.76. The molecule has 73 valence electrons. The molecular formula is C9H10F3S. The van der Waals surface area contributed by atoms with Crippen LogP contribution in [-0.2, 0) is 0 Å². The van der Waals surface area contributed by atoms with Crippen molar-refractivity contribution in [3.05, 3.63) is 30.2 Å². The van der Waals surface area contributed by atoms with Crippen molar-refractivity contribution in [1.29, 1.82) is 0 Å².